The molecule has 2 rings (SSSR count). The molecule has 4 heteroatoms. The van der Waals surface area contributed by atoms with Gasteiger partial charge in [0.1, 0.15) is 0 Å². The lowest BCUT2D eigenvalue weighted by atomic mass is 9.89. The second-order valence-corrected chi connectivity index (χ2v) is 4.83. The minimum absolute atomic E-state index is 0.0232. The first-order valence-electron chi connectivity index (χ1n) is 5.93. The van der Waals surface area contributed by atoms with Gasteiger partial charge in [-0.15, -0.1) is 0 Å². The largest absolute Gasteiger partial charge is 0.374 e. The van der Waals surface area contributed by atoms with E-state index in [1.807, 2.05) is 25.0 Å². The zero-order valence-corrected chi connectivity index (χ0v) is 10.4. The molecule has 0 bridgehead atoms. The fourth-order valence-electron chi connectivity index (χ4n) is 2.51. The summed E-state index contributed by atoms with van der Waals surface area (Å²) < 4.78 is 7.73. The van der Waals surface area contributed by atoms with E-state index in [2.05, 4.69) is 23.5 Å². The van der Waals surface area contributed by atoms with Crippen molar-refractivity contribution in [3.05, 3.63) is 18.0 Å². The summed E-state index contributed by atoms with van der Waals surface area (Å²) in [6, 6.07) is 0.360. The maximum Gasteiger partial charge on any atom is 0.0810 e. The van der Waals surface area contributed by atoms with Crippen molar-refractivity contribution in [2.24, 2.45) is 7.05 Å². The van der Waals surface area contributed by atoms with E-state index in [4.69, 9.17) is 4.74 Å². The molecular formula is C12H21N3O. The molecule has 0 amide bonds. The molecule has 1 N–H and O–H groups in total. The Labute approximate surface area is 97.0 Å². The molecule has 16 heavy (non-hydrogen) atoms. The molecule has 0 radical (unpaired) electrons. The molecule has 0 saturated carbocycles. The summed E-state index contributed by atoms with van der Waals surface area (Å²) in [5, 5.41) is 7.58. The van der Waals surface area contributed by atoms with Crippen molar-refractivity contribution in [3.63, 3.8) is 0 Å². The molecule has 1 saturated heterocycles. The van der Waals surface area contributed by atoms with Crippen LogP contribution in [0.3, 0.4) is 0 Å². The minimum Gasteiger partial charge on any atom is -0.374 e. The molecule has 0 spiro atoms. The summed E-state index contributed by atoms with van der Waals surface area (Å²) in [4.78, 5) is 0. The van der Waals surface area contributed by atoms with Gasteiger partial charge in [-0.3, -0.25) is 4.68 Å². The molecule has 1 fully saturated rings. The molecule has 0 aromatic carbocycles. The maximum absolute atomic E-state index is 5.88. The predicted octanol–water partition coefficient (Wildman–Crippen LogP) is 1.12. The number of likely N-dealkylation sites (N-methyl/N-ethyl adjacent to an activating group) is 1. The zero-order valence-electron chi connectivity index (χ0n) is 10.4. The Balaban J connectivity index is 2.05. The number of aromatic nitrogens is 2. The molecule has 2 heterocycles. The molecule has 2 unspecified atom stereocenters. The van der Waals surface area contributed by atoms with Gasteiger partial charge in [-0.1, -0.05) is 0 Å². The third-order valence-electron chi connectivity index (χ3n) is 3.53. The number of rotatable bonds is 4. The topological polar surface area (TPSA) is 39.1 Å². The zero-order chi connectivity index (χ0) is 11.6. The highest BCUT2D eigenvalue weighted by molar-refractivity contribution is 5.09. The Morgan fingerprint density at radius 3 is 3.00 bits per heavy atom. The van der Waals surface area contributed by atoms with Crippen LogP contribution in [-0.2, 0) is 18.2 Å². The van der Waals surface area contributed by atoms with Crippen LogP contribution in [-0.4, -0.2) is 35.1 Å². The fraction of sp³-hybridized carbons (Fsp3) is 0.750. The smallest absolute Gasteiger partial charge is 0.0810 e. The lowest BCUT2D eigenvalue weighted by molar-refractivity contribution is -0.00943. The van der Waals surface area contributed by atoms with Gasteiger partial charge in [-0.25, -0.2) is 0 Å². The lowest BCUT2D eigenvalue weighted by Crippen LogP contribution is -2.48. The highest BCUT2D eigenvalue weighted by Crippen LogP contribution is 2.30. The van der Waals surface area contributed by atoms with E-state index in [1.54, 1.807) is 0 Å². The normalized spacial score (nSPS) is 27.2. The number of hydrogen-bond donors (Lipinski definition) is 1. The standard InChI is InChI=1S/C12H21N3O/c1-12(5-4-6-16-12)11(13-2)7-10-8-14-15(3)9-10/h8-9,11,13H,4-7H2,1-3H3. The summed E-state index contributed by atoms with van der Waals surface area (Å²) >= 11 is 0. The average molecular weight is 223 g/mol. The van der Waals surface area contributed by atoms with E-state index in [0.717, 1.165) is 19.4 Å². The van der Waals surface area contributed by atoms with Gasteiger partial charge in [-0.05, 0) is 38.8 Å². The molecule has 1 aromatic heterocycles. The SMILES string of the molecule is CNC(Cc1cnn(C)c1)C1(C)CCCO1. The summed E-state index contributed by atoms with van der Waals surface area (Å²) in [5.41, 5.74) is 1.24. The number of ether oxygens (including phenoxy) is 1. The highest BCUT2D eigenvalue weighted by atomic mass is 16.5. The summed E-state index contributed by atoms with van der Waals surface area (Å²) in [7, 11) is 3.96. The molecule has 1 aromatic rings. The van der Waals surface area contributed by atoms with E-state index in [0.29, 0.717) is 6.04 Å². The number of hydrogen-bond acceptors (Lipinski definition) is 3. The number of aryl methyl sites for hydroxylation is 1. The number of nitrogens with one attached hydrogen (secondary N) is 1. The van der Waals surface area contributed by atoms with Crippen LogP contribution in [0.25, 0.3) is 0 Å². The first kappa shape index (κ1) is 11.6. The minimum atomic E-state index is -0.0232. The van der Waals surface area contributed by atoms with Crippen LogP contribution in [0.5, 0.6) is 0 Å². The van der Waals surface area contributed by atoms with Gasteiger partial charge in [-0.2, -0.15) is 5.10 Å². The van der Waals surface area contributed by atoms with Crippen LogP contribution >= 0.6 is 0 Å². The van der Waals surface area contributed by atoms with E-state index in [1.165, 1.54) is 12.0 Å². The fourth-order valence-corrected chi connectivity index (χ4v) is 2.51. The van der Waals surface area contributed by atoms with Gasteiger partial charge in [0, 0.05) is 25.9 Å². The van der Waals surface area contributed by atoms with Crippen molar-refractivity contribution in [1.82, 2.24) is 15.1 Å². The summed E-state index contributed by atoms with van der Waals surface area (Å²) in [6.07, 6.45) is 7.28. The van der Waals surface area contributed by atoms with Crippen LogP contribution in [0, 0.1) is 0 Å². The molecule has 90 valence electrons. The van der Waals surface area contributed by atoms with E-state index in [-0.39, 0.29) is 5.60 Å². The summed E-state index contributed by atoms with van der Waals surface area (Å²) in [6.45, 7) is 3.10. The molecular weight excluding hydrogens is 202 g/mol. The van der Waals surface area contributed by atoms with Crippen LogP contribution in [0.1, 0.15) is 25.3 Å². The Morgan fingerprint density at radius 2 is 2.50 bits per heavy atom. The van der Waals surface area contributed by atoms with Crippen LogP contribution in [0.4, 0.5) is 0 Å². The number of nitrogens with zero attached hydrogens (tertiary/aromatic N) is 2. The maximum atomic E-state index is 5.88. The van der Waals surface area contributed by atoms with E-state index in [9.17, 15) is 0 Å². The van der Waals surface area contributed by atoms with Gasteiger partial charge < -0.3 is 10.1 Å². The third-order valence-corrected chi connectivity index (χ3v) is 3.53. The first-order valence-corrected chi connectivity index (χ1v) is 5.93. The Hall–Kier alpha value is -0.870. The van der Waals surface area contributed by atoms with Crippen molar-refractivity contribution in [2.45, 2.75) is 37.8 Å². The second-order valence-electron chi connectivity index (χ2n) is 4.83. The van der Waals surface area contributed by atoms with Crippen molar-refractivity contribution >= 4 is 0 Å². The van der Waals surface area contributed by atoms with Gasteiger partial charge in [0.15, 0.2) is 0 Å². The van der Waals surface area contributed by atoms with Crippen LogP contribution < -0.4 is 5.32 Å². The molecule has 2 atom stereocenters. The lowest BCUT2D eigenvalue weighted by Gasteiger charge is -2.33. The van der Waals surface area contributed by atoms with Gasteiger partial charge in [0.05, 0.1) is 11.8 Å². The predicted molar refractivity (Wildman–Crippen MR) is 63.4 cm³/mol. The third kappa shape index (κ3) is 2.28. The van der Waals surface area contributed by atoms with Crippen molar-refractivity contribution in [2.75, 3.05) is 13.7 Å². The highest BCUT2D eigenvalue weighted by Gasteiger charge is 2.37. The van der Waals surface area contributed by atoms with Gasteiger partial charge in [0.2, 0.25) is 0 Å². The monoisotopic (exact) mass is 223 g/mol. The molecule has 4 nitrogen and oxygen atoms in total. The van der Waals surface area contributed by atoms with Crippen molar-refractivity contribution in [3.8, 4) is 0 Å². The van der Waals surface area contributed by atoms with Crippen molar-refractivity contribution < 1.29 is 4.74 Å². The Morgan fingerprint density at radius 1 is 1.69 bits per heavy atom. The molecule has 1 aliphatic rings. The van der Waals surface area contributed by atoms with Crippen LogP contribution in [0.2, 0.25) is 0 Å². The van der Waals surface area contributed by atoms with Gasteiger partial charge >= 0.3 is 0 Å². The first-order chi connectivity index (χ1) is 7.64. The second kappa shape index (κ2) is 4.55. The molecule has 1 aliphatic heterocycles. The quantitative estimate of drug-likeness (QED) is 0.831. The molecule has 0 aliphatic carbocycles. The van der Waals surface area contributed by atoms with Crippen LogP contribution in [0.15, 0.2) is 12.4 Å². The van der Waals surface area contributed by atoms with E-state index >= 15 is 0 Å². The van der Waals surface area contributed by atoms with Gasteiger partial charge in [0.25, 0.3) is 0 Å². The average Bonchev–Trinajstić information content (AvgIpc) is 2.85. The summed E-state index contributed by atoms with van der Waals surface area (Å²) in [5.74, 6) is 0. The van der Waals surface area contributed by atoms with Crippen molar-refractivity contribution in [1.29, 1.82) is 0 Å². The Kier molecular flexibility index (Phi) is 3.30. The van der Waals surface area contributed by atoms with E-state index < -0.39 is 0 Å². The Bertz CT molecular complexity index is 342.